The quantitative estimate of drug-likeness (QED) is 0.878. The van der Waals surface area contributed by atoms with Gasteiger partial charge in [-0.3, -0.25) is 0 Å². The lowest BCUT2D eigenvalue weighted by atomic mass is 9.82. The number of rotatable bonds is 3. The van der Waals surface area contributed by atoms with E-state index >= 15 is 0 Å². The van der Waals surface area contributed by atoms with E-state index in [0.717, 1.165) is 29.7 Å². The Bertz CT molecular complexity index is 406. The van der Waals surface area contributed by atoms with E-state index in [0.29, 0.717) is 5.92 Å². The number of hydrogen-bond donors (Lipinski definition) is 1. The first-order chi connectivity index (χ1) is 8.65. The first-order valence-electron chi connectivity index (χ1n) is 6.97. The molecule has 1 N–H and O–H groups in total. The van der Waals surface area contributed by atoms with Gasteiger partial charge in [-0.1, -0.05) is 31.4 Å². The van der Waals surface area contributed by atoms with E-state index in [-0.39, 0.29) is 6.10 Å². The molecular weight excluding hydrogens is 224 g/mol. The molecule has 1 unspecified atom stereocenters. The van der Waals surface area contributed by atoms with Gasteiger partial charge >= 0.3 is 0 Å². The van der Waals surface area contributed by atoms with Crippen LogP contribution >= 0.6 is 0 Å². The number of aliphatic hydroxyl groups is 1. The second-order valence-corrected chi connectivity index (χ2v) is 5.47. The molecule has 18 heavy (non-hydrogen) atoms. The Kier molecular flexibility index (Phi) is 4.28. The van der Waals surface area contributed by atoms with Gasteiger partial charge in [0.2, 0.25) is 0 Å². The van der Waals surface area contributed by atoms with Crippen LogP contribution in [0.4, 0.5) is 0 Å². The molecule has 1 saturated carbocycles. The molecule has 1 aliphatic carbocycles. The van der Waals surface area contributed by atoms with Gasteiger partial charge in [-0.25, -0.2) is 0 Å². The third kappa shape index (κ3) is 2.54. The highest BCUT2D eigenvalue weighted by atomic mass is 16.5. The van der Waals surface area contributed by atoms with Crippen molar-refractivity contribution in [3.63, 3.8) is 0 Å². The average Bonchev–Trinajstić information content (AvgIpc) is 2.42. The largest absolute Gasteiger partial charge is 0.496 e. The average molecular weight is 248 g/mol. The Balaban J connectivity index is 2.28. The number of aryl methyl sites for hydroxylation is 1. The van der Waals surface area contributed by atoms with Crippen molar-refractivity contribution in [2.75, 3.05) is 7.11 Å². The van der Waals surface area contributed by atoms with Crippen LogP contribution in [0.5, 0.6) is 5.75 Å². The zero-order chi connectivity index (χ0) is 13.1. The predicted molar refractivity (Wildman–Crippen MR) is 74.0 cm³/mol. The minimum absolute atomic E-state index is 0.375. The lowest BCUT2D eigenvalue weighted by molar-refractivity contribution is 0.0823. The highest BCUT2D eigenvalue weighted by Gasteiger charge is 2.26. The van der Waals surface area contributed by atoms with E-state index in [9.17, 15) is 5.11 Å². The Labute approximate surface area is 110 Å². The molecule has 2 nitrogen and oxygen atoms in total. The summed E-state index contributed by atoms with van der Waals surface area (Å²) in [5.41, 5.74) is 3.32. The molecule has 0 spiro atoms. The van der Waals surface area contributed by atoms with E-state index in [4.69, 9.17) is 4.74 Å². The number of methoxy groups -OCH3 is 1. The summed E-state index contributed by atoms with van der Waals surface area (Å²) in [7, 11) is 1.69. The van der Waals surface area contributed by atoms with Crippen molar-refractivity contribution in [2.45, 2.75) is 52.1 Å². The molecule has 0 heterocycles. The van der Waals surface area contributed by atoms with Gasteiger partial charge in [-0.15, -0.1) is 0 Å². The fraction of sp³-hybridized carbons (Fsp3) is 0.625. The number of ether oxygens (including phenoxy) is 1. The number of benzene rings is 1. The molecule has 1 fully saturated rings. The van der Waals surface area contributed by atoms with E-state index in [1.165, 1.54) is 24.8 Å². The first kappa shape index (κ1) is 13.4. The molecule has 0 amide bonds. The minimum atomic E-state index is -0.375. The van der Waals surface area contributed by atoms with Crippen molar-refractivity contribution in [3.05, 3.63) is 28.8 Å². The minimum Gasteiger partial charge on any atom is -0.496 e. The van der Waals surface area contributed by atoms with Crippen LogP contribution in [0.1, 0.15) is 54.9 Å². The fourth-order valence-electron chi connectivity index (χ4n) is 3.02. The molecule has 1 atom stereocenters. The number of aliphatic hydroxyl groups excluding tert-OH is 1. The topological polar surface area (TPSA) is 29.5 Å². The van der Waals surface area contributed by atoms with Gasteiger partial charge in [0.15, 0.2) is 0 Å². The van der Waals surface area contributed by atoms with Crippen LogP contribution in [-0.2, 0) is 0 Å². The summed E-state index contributed by atoms with van der Waals surface area (Å²) in [5, 5.41) is 10.6. The highest BCUT2D eigenvalue weighted by molar-refractivity contribution is 5.46. The summed E-state index contributed by atoms with van der Waals surface area (Å²) < 4.78 is 5.51. The van der Waals surface area contributed by atoms with Crippen molar-refractivity contribution in [3.8, 4) is 5.75 Å². The molecular formula is C16H24O2. The highest BCUT2D eigenvalue weighted by Crippen LogP contribution is 2.39. The molecule has 1 aliphatic rings. The molecule has 0 aromatic heterocycles. The van der Waals surface area contributed by atoms with Gasteiger partial charge in [0.25, 0.3) is 0 Å². The third-order valence-electron chi connectivity index (χ3n) is 4.33. The van der Waals surface area contributed by atoms with Crippen LogP contribution in [0.2, 0.25) is 0 Å². The second kappa shape index (κ2) is 5.75. The molecule has 0 bridgehead atoms. The first-order valence-corrected chi connectivity index (χ1v) is 6.97. The van der Waals surface area contributed by atoms with Gasteiger partial charge in [0.1, 0.15) is 5.75 Å². The van der Waals surface area contributed by atoms with E-state index < -0.39 is 0 Å². The fourth-order valence-corrected chi connectivity index (χ4v) is 3.02. The predicted octanol–water partition coefficient (Wildman–Crippen LogP) is 3.93. The Morgan fingerprint density at radius 2 is 1.83 bits per heavy atom. The van der Waals surface area contributed by atoms with E-state index in [2.05, 4.69) is 19.9 Å². The monoisotopic (exact) mass is 248 g/mol. The lowest BCUT2D eigenvalue weighted by Crippen LogP contribution is -2.17. The van der Waals surface area contributed by atoms with Gasteiger partial charge in [0.05, 0.1) is 13.2 Å². The number of hydrogen-bond acceptors (Lipinski definition) is 2. The van der Waals surface area contributed by atoms with Crippen molar-refractivity contribution < 1.29 is 9.84 Å². The van der Waals surface area contributed by atoms with E-state index in [1.807, 2.05) is 6.07 Å². The molecule has 1 aromatic rings. The zero-order valence-corrected chi connectivity index (χ0v) is 11.7. The van der Waals surface area contributed by atoms with Crippen molar-refractivity contribution >= 4 is 0 Å². The zero-order valence-electron chi connectivity index (χ0n) is 11.7. The van der Waals surface area contributed by atoms with Gasteiger partial charge in [0, 0.05) is 5.56 Å². The van der Waals surface area contributed by atoms with Crippen molar-refractivity contribution in [1.82, 2.24) is 0 Å². The molecule has 100 valence electrons. The van der Waals surface area contributed by atoms with Crippen LogP contribution < -0.4 is 4.74 Å². The van der Waals surface area contributed by atoms with E-state index in [1.54, 1.807) is 7.11 Å². The van der Waals surface area contributed by atoms with Gasteiger partial charge in [-0.2, -0.15) is 0 Å². The molecule has 0 radical (unpaired) electrons. The Morgan fingerprint density at radius 3 is 2.44 bits per heavy atom. The Hall–Kier alpha value is -1.02. The van der Waals surface area contributed by atoms with Crippen LogP contribution in [0.15, 0.2) is 12.1 Å². The molecule has 2 heteroatoms. The lowest BCUT2D eigenvalue weighted by Gasteiger charge is -2.28. The summed E-state index contributed by atoms with van der Waals surface area (Å²) in [6.07, 6.45) is 5.70. The van der Waals surface area contributed by atoms with Crippen LogP contribution in [0.25, 0.3) is 0 Å². The van der Waals surface area contributed by atoms with Crippen LogP contribution in [0.3, 0.4) is 0 Å². The SMILES string of the molecule is COc1c(C(O)C2CCCCC2)ccc(C)c1C. The summed E-state index contributed by atoms with van der Waals surface area (Å²) in [6, 6.07) is 4.11. The van der Waals surface area contributed by atoms with Gasteiger partial charge in [-0.05, 0) is 43.7 Å². The molecule has 2 rings (SSSR count). The molecule has 1 aromatic carbocycles. The summed E-state index contributed by atoms with van der Waals surface area (Å²) >= 11 is 0. The maximum atomic E-state index is 10.6. The van der Waals surface area contributed by atoms with Crippen molar-refractivity contribution in [1.29, 1.82) is 0 Å². The summed E-state index contributed by atoms with van der Waals surface area (Å²) in [6.45, 7) is 4.14. The van der Waals surface area contributed by atoms with Crippen molar-refractivity contribution in [2.24, 2.45) is 5.92 Å². The van der Waals surface area contributed by atoms with Crippen LogP contribution in [0, 0.1) is 19.8 Å². The molecule has 0 aliphatic heterocycles. The summed E-state index contributed by atoms with van der Waals surface area (Å²) in [5.74, 6) is 1.27. The Morgan fingerprint density at radius 1 is 1.17 bits per heavy atom. The maximum Gasteiger partial charge on any atom is 0.127 e. The second-order valence-electron chi connectivity index (χ2n) is 5.47. The maximum absolute atomic E-state index is 10.6. The summed E-state index contributed by atoms with van der Waals surface area (Å²) in [4.78, 5) is 0. The van der Waals surface area contributed by atoms with Crippen LogP contribution in [-0.4, -0.2) is 12.2 Å². The normalized spacial score (nSPS) is 18.7. The smallest absolute Gasteiger partial charge is 0.127 e. The van der Waals surface area contributed by atoms with Gasteiger partial charge < -0.3 is 9.84 Å². The standard InChI is InChI=1S/C16H24O2/c1-11-9-10-14(16(18-3)12(11)2)15(17)13-7-5-4-6-8-13/h9-10,13,15,17H,4-8H2,1-3H3. The molecule has 0 saturated heterocycles. The third-order valence-corrected chi connectivity index (χ3v) is 4.33.